The van der Waals surface area contributed by atoms with Crippen LogP contribution in [0.15, 0.2) is 121 Å². The van der Waals surface area contributed by atoms with E-state index in [-0.39, 0.29) is 30.2 Å². The molecule has 46 heavy (non-hydrogen) atoms. The first-order valence-corrected chi connectivity index (χ1v) is 15.8. The molecule has 0 N–H and O–H groups in total. The predicted octanol–water partition coefficient (Wildman–Crippen LogP) is -3.11. The molecule has 242 valence electrons. The standard InChI is InChI=1S/C24H20P.C10H16N2O8.Cu/c1-5-13-21(14-6-1)25(22-15-7-2-8-16-22,23-17-9-3-10-18-23)24-19-11-4-12-20-24;13-7(14)3-11(4-8(15)16)1-2-12(5-9(17)18)6-10(19)20;/h1-20H;1-6H2,(H,13,14)(H,15,16)(H,17,18)(H,19,20);/q+1;;+3/p-4. The van der Waals surface area contributed by atoms with Crippen molar-refractivity contribution < 1.29 is 56.7 Å². The van der Waals surface area contributed by atoms with Crippen molar-refractivity contribution >= 4 is 52.4 Å². The van der Waals surface area contributed by atoms with Crippen LogP contribution in [-0.4, -0.2) is 72.9 Å². The number of hydrogen-bond acceptors (Lipinski definition) is 10. The van der Waals surface area contributed by atoms with Gasteiger partial charge in [0.2, 0.25) is 0 Å². The minimum absolute atomic E-state index is 0. The molecule has 0 unspecified atom stereocenters. The van der Waals surface area contributed by atoms with Gasteiger partial charge in [0.15, 0.2) is 0 Å². The Kier molecular flexibility index (Phi) is 15.8. The summed E-state index contributed by atoms with van der Waals surface area (Å²) < 4.78 is 0. The predicted molar refractivity (Wildman–Crippen MR) is 164 cm³/mol. The third-order valence-electron chi connectivity index (χ3n) is 6.72. The van der Waals surface area contributed by atoms with Crippen molar-refractivity contribution in [3.05, 3.63) is 121 Å². The molecule has 0 atom stereocenters. The largest absolute Gasteiger partial charge is 3.00 e. The number of carbonyl (C=O) groups excluding carboxylic acids is 4. The normalized spacial score (nSPS) is 10.7. The second-order valence-corrected chi connectivity index (χ2v) is 13.3. The molecule has 4 aromatic rings. The minimum Gasteiger partial charge on any atom is -0.549 e. The van der Waals surface area contributed by atoms with Crippen LogP contribution in [0.5, 0.6) is 0 Å². The molecule has 0 aliphatic carbocycles. The van der Waals surface area contributed by atoms with Crippen LogP contribution < -0.4 is 41.6 Å². The zero-order valence-electron chi connectivity index (χ0n) is 24.7. The third-order valence-corrected chi connectivity index (χ3v) is 11.0. The summed E-state index contributed by atoms with van der Waals surface area (Å²) in [6, 6.07) is 43.8. The number of aliphatic carboxylic acids is 4. The number of benzene rings is 4. The van der Waals surface area contributed by atoms with Crippen LogP contribution in [0.25, 0.3) is 0 Å². The Morgan fingerprint density at radius 1 is 0.413 bits per heavy atom. The molecule has 0 aliphatic rings. The smallest absolute Gasteiger partial charge is 0.549 e. The van der Waals surface area contributed by atoms with Crippen molar-refractivity contribution in [1.29, 1.82) is 0 Å². The van der Waals surface area contributed by atoms with Gasteiger partial charge in [-0.15, -0.1) is 0 Å². The Hall–Kier alpha value is -4.37. The number of carboxylic acids is 4. The zero-order valence-corrected chi connectivity index (χ0v) is 26.5. The molecule has 0 radical (unpaired) electrons. The minimum atomic E-state index is -1.91. The number of hydrogen-bond donors (Lipinski definition) is 0. The van der Waals surface area contributed by atoms with Gasteiger partial charge in [0.25, 0.3) is 0 Å². The summed E-state index contributed by atoms with van der Waals surface area (Å²) in [6.45, 7) is -3.25. The molecule has 0 aromatic heterocycles. The van der Waals surface area contributed by atoms with Gasteiger partial charge >= 0.3 is 17.1 Å². The van der Waals surface area contributed by atoms with Crippen molar-refractivity contribution in [2.75, 3.05) is 39.3 Å². The molecule has 0 saturated carbocycles. The Morgan fingerprint density at radius 2 is 0.609 bits per heavy atom. The third kappa shape index (κ3) is 11.2. The Labute approximate surface area is 278 Å². The molecular weight excluding hydrogens is 659 g/mol. The fraction of sp³-hybridized carbons (Fsp3) is 0.176. The van der Waals surface area contributed by atoms with Crippen molar-refractivity contribution in [3.8, 4) is 0 Å². The van der Waals surface area contributed by atoms with Gasteiger partial charge in [0.05, 0.1) is 23.9 Å². The van der Waals surface area contributed by atoms with Gasteiger partial charge in [-0.05, 0) is 48.5 Å². The number of carbonyl (C=O) groups is 4. The summed E-state index contributed by atoms with van der Waals surface area (Å²) in [4.78, 5) is 43.4. The zero-order chi connectivity index (χ0) is 32.7. The van der Waals surface area contributed by atoms with E-state index in [1.165, 1.54) is 21.2 Å². The van der Waals surface area contributed by atoms with E-state index in [9.17, 15) is 39.6 Å². The van der Waals surface area contributed by atoms with Crippen molar-refractivity contribution in [2.24, 2.45) is 0 Å². The number of nitrogens with zero attached hydrogens (tertiary/aromatic N) is 2. The summed E-state index contributed by atoms with van der Waals surface area (Å²) in [5.74, 6) is -6.12. The van der Waals surface area contributed by atoms with E-state index in [4.69, 9.17) is 0 Å². The Balaban J connectivity index is 0.000000323. The van der Waals surface area contributed by atoms with Gasteiger partial charge < -0.3 is 39.6 Å². The van der Waals surface area contributed by atoms with E-state index in [0.29, 0.717) is 0 Å². The maximum absolute atomic E-state index is 10.4. The van der Waals surface area contributed by atoms with Gasteiger partial charge in [-0.3, -0.25) is 9.80 Å². The molecule has 4 rings (SSSR count). The summed E-state index contributed by atoms with van der Waals surface area (Å²) in [6.07, 6.45) is 0. The van der Waals surface area contributed by atoms with Crippen molar-refractivity contribution in [1.82, 2.24) is 9.80 Å². The monoisotopic (exact) mass is 690 g/mol. The molecule has 0 bridgehead atoms. The molecular formula is C34H32CuN2O8P. The van der Waals surface area contributed by atoms with E-state index in [1.807, 2.05) is 0 Å². The molecule has 4 aromatic carbocycles. The second kappa shape index (κ2) is 19.2. The van der Waals surface area contributed by atoms with Gasteiger partial charge in [0.1, 0.15) is 28.5 Å². The SMILES string of the molecule is O=C([O-])CN(CCN(CC(=O)[O-])CC(=O)[O-])CC(=O)[O-].[Cu+3].c1ccc([P+](c2ccccc2)(c2ccccc2)c2ccccc2)cc1. The van der Waals surface area contributed by atoms with E-state index in [2.05, 4.69) is 121 Å². The second-order valence-electron chi connectivity index (χ2n) is 9.92. The van der Waals surface area contributed by atoms with Crippen LogP contribution >= 0.6 is 7.26 Å². The first-order valence-electron chi connectivity index (χ1n) is 14.0. The molecule has 0 fully saturated rings. The quantitative estimate of drug-likeness (QED) is 0.0921. The van der Waals surface area contributed by atoms with Crippen LogP contribution in [0.1, 0.15) is 0 Å². The van der Waals surface area contributed by atoms with E-state index in [0.717, 1.165) is 9.80 Å². The van der Waals surface area contributed by atoms with Gasteiger partial charge in [-0.2, -0.15) is 0 Å². The molecule has 0 saturated heterocycles. The summed E-state index contributed by atoms with van der Waals surface area (Å²) >= 11 is 0. The van der Waals surface area contributed by atoms with E-state index >= 15 is 0 Å². The average Bonchev–Trinajstić information content (AvgIpc) is 3.02. The molecule has 12 heteroatoms. The van der Waals surface area contributed by atoms with Gasteiger partial charge in [0, 0.05) is 39.3 Å². The van der Waals surface area contributed by atoms with Crippen LogP contribution in [0, 0.1) is 0 Å². The molecule has 0 aliphatic heterocycles. The van der Waals surface area contributed by atoms with Gasteiger partial charge in [-0.1, -0.05) is 72.8 Å². The molecule has 0 heterocycles. The maximum atomic E-state index is 10.4. The van der Waals surface area contributed by atoms with E-state index < -0.39 is 57.3 Å². The fourth-order valence-corrected chi connectivity index (χ4v) is 9.21. The molecule has 0 amide bonds. The van der Waals surface area contributed by atoms with Crippen LogP contribution in [0.4, 0.5) is 0 Å². The Morgan fingerprint density at radius 3 is 0.783 bits per heavy atom. The van der Waals surface area contributed by atoms with Crippen molar-refractivity contribution in [3.63, 3.8) is 0 Å². The molecule has 10 nitrogen and oxygen atoms in total. The summed E-state index contributed by atoms with van der Waals surface area (Å²) in [5.41, 5.74) is 0. The first-order chi connectivity index (χ1) is 21.6. The Bertz CT molecular complexity index is 1300. The average molecular weight is 691 g/mol. The van der Waals surface area contributed by atoms with Crippen LogP contribution in [0.3, 0.4) is 0 Å². The maximum Gasteiger partial charge on any atom is 3.00 e. The first kappa shape index (κ1) is 37.8. The summed E-state index contributed by atoms with van der Waals surface area (Å²) in [7, 11) is -1.91. The molecule has 0 spiro atoms. The van der Waals surface area contributed by atoms with Gasteiger partial charge in [-0.25, -0.2) is 0 Å². The van der Waals surface area contributed by atoms with Crippen LogP contribution in [0.2, 0.25) is 0 Å². The van der Waals surface area contributed by atoms with E-state index in [1.54, 1.807) is 0 Å². The van der Waals surface area contributed by atoms with Crippen molar-refractivity contribution in [2.45, 2.75) is 0 Å². The topological polar surface area (TPSA) is 167 Å². The number of carboxylic acid groups (broad SMARTS) is 4. The fourth-order valence-electron chi connectivity index (χ4n) is 4.94. The van der Waals surface area contributed by atoms with Crippen LogP contribution in [-0.2, 0) is 36.2 Å². The summed E-state index contributed by atoms with van der Waals surface area (Å²) in [5, 5.41) is 47.2. The number of rotatable bonds is 15.